The van der Waals surface area contributed by atoms with Gasteiger partial charge in [0.2, 0.25) is 0 Å². The normalized spacial score (nSPS) is 17.8. The SMILES string of the molecule is CCCCSc1nc(N)c2c3c(sc2n1)COC(CCC)C3. The van der Waals surface area contributed by atoms with E-state index in [-0.39, 0.29) is 0 Å². The van der Waals surface area contributed by atoms with E-state index in [1.165, 1.54) is 23.3 Å². The maximum atomic E-state index is 6.25. The van der Waals surface area contributed by atoms with Gasteiger partial charge in [-0.05, 0) is 18.4 Å². The summed E-state index contributed by atoms with van der Waals surface area (Å²) in [7, 11) is 0. The molecule has 0 spiro atoms. The van der Waals surface area contributed by atoms with Crippen LogP contribution in [0.4, 0.5) is 5.82 Å². The van der Waals surface area contributed by atoms with E-state index in [0.29, 0.717) is 18.5 Å². The Morgan fingerprint density at radius 1 is 1.32 bits per heavy atom. The fourth-order valence-electron chi connectivity index (χ4n) is 2.80. The molecule has 3 heterocycles. The highest BCUT2D eigenvalue weighted by Crippen LogP contribution is 2.38. The number of thioether (sulfide) groups is 1. The zero-order valence-corrected chi connectivity index (χ0v) is 14.9. The molecule has 4 nitrogen and oxygen atoms in total. The van der Waals surface area contributed by atoms with Crippen molar-refractivity contribution in [2.75, 3.05) is 11.5 Å². The number of unbranched alkanes of at least 4 members (excludes halogenated alkanes) is 1. The summed E-state index contributed by atoms with van der Waals surface area (Å²) in [5.41, 5.74) is 7.58. The third-order valence-electron chi connectivity index (χ3n) is 3.96. The molecule has 1 atom stereocenters. The van der Waals surface area contributed by atoms with Gasteiger partial charge in [-0.1, -0.05) is 38.5 Å². The van der Waals surface area contributed by atoms with Gasteiger partial charge in [-0.3, -0.25) is 0 Å². The number of nitrogens with zero attached hydrogens (tertiary/aromatic N) is 2. The largest absolute Gasteiger partial charge is 0.383 e. The first kappa shape index (κ1) is 16.0. The molecule has 6 heteroatoms. The molecule has 3 rings (SSSR count). The number of anilines is 1. The zero-order valence-electron chi connectivity index (χ0n) is 13.2. The lowest BCUT2D eigenvalue weighted by molar-refractivity contribution is 0.0254. The van der Waals surface area contributed by atoms with Crippen molar-refractivity contribution in [1.29, 1.82) is 0 Å². The molecule has 2 aromatic rings. The Balaban J connectivity index is 1.90. The molecule has 0 saturated carbocycles. The van der Waals surface area contributed by atoms with Crippen LogP contribution in [0.25, 0.3) is 10.2 Å². The minimum absolute atomic E-state index is 0.313. The third kappa shape index (κ3) is 3.24. The number of ether oxygens (including phenoxy) is 1. The topological polar surface area (TPSA) is 61.0 Å². The van der Waals surface area contributed by atoms with Gasteiger partial charge in [-0.15, -0.1) is 11.3 Å². The van der Waals surface area contributed by atoms with Crippen molar-refractivity contribution in [1.82, 2.24) is 9.97 Å². The van der Waals surface area contributed by atoms with Crippen LogP contribution in [0, 0.1) is 0 Å². The highest BCUT2D eigenvalue weighted by atomic mass is 32.2. The van der Waals surface area contributed by atoms with Gasteiger partial charge in [0.1, 0.15) is 10.6 Å². The average molecular weight is 338 g/mol. The van der Waals surface area contributed by atoms with Crippen LogP contribution in [0.5, 0.6) is 0 Å². The van der Waals surface area contributed by atoms with Crippen LogP contribution in [0.1, 0.15) is 50.0 Å². The van der Waals surface area contributed by atoms with Crippen molar-refractivity contribution in [3.63, 3.8) is 0 Å². The fraction of sp³-hybridized carbons (Fsp3) is 0.625. The predicted octanol–water partition coefficient (Wildman–Crippen LogP) is 4.41. The molecule has 2 N–H and O–H groups in total. The summed E-state index contributed by atoms with van der Waals surface area (Å²) >= 11 is 3.42. The lowest BCUT2D eigenvalue weighted by Crippen LogP contribution is -2.21. The lowest BCUT2D eigenvalue weighted by atomic mass is 10.0. The van der Waals surface area contributed by atoms with Crippen molar-refractivity contribution in [2.24, 2.45) is 0 Å². The molecule has 0 aliphatic carbocycles. The molecule has 0 fully saturated rings. The maximum Gasteiger partial charge on any atom is 0.190 e. The number of aromatic nitrogens is 2. The summed E-state index contributed by atoms with van der Waals surface area (Å²) in [5, 5.41) is 1.88. The van der Waals surface area contributed by atoms with Gasteiger partial charge in [0.05, 0.1) is 18.1 Å². The molecule has 0 aromatic carbocycles. The number of nitrogens with two attached hydrogens (primary N) is 1. The summed E-state index contributed by atoms with van der Waals surface area (Å²) in [4.78, 5) is 11.5. The Morgan fingerprint density at radius 2 is 2.18 bits per heavy atom. The standard InChI is InChI=1S/C16H23N3OS2/c1-3-5-7-21-16-18-14(17)13-11-8-10(6-4-2)20-9-12(11)22-15(13)19-16/h10H,3-9H2,1-2H3,(H2,17,18,19). The fourth-order valence-corrected chi connectivity index (χ4v) is 4.93. The monoisotopic (exact) mass is 337 g/mol. The van der Waals surface area contributed by atoms with Gasteiger partial charge in [0.25, 0.3) is 0 Å². The number of hydrogen-bond acceptors (Lipinski definition) is 6. The molecule has 2 aromatic heterocycles. The van der Waals surface area contributed by atoms with Crippen molar-refractivity contribution in [3.05, 3.63) is 10.4 Å². The highest BCUT2D eigenvalue weighted by molar-refractivity contribution is 7.99. The molecule has 1 aliphatic heterocycles. The van der Waals surface area contributed by atoms with Crippen molar-refractivity contribution >= 4 is 39.1 Å². The molecule has 0 bridgehead atoms. The van der Waals surface area contributed by atoms with Gasteiger partial charge in [-0.25, -0.2) is 9.97 Å². The number of hydrogen-bond donors (Lipinski definition) is 1. The van der Waals surface area contributed by atoms with Crippen LogP contribution in [0.2, 0.25) is 0 Å². The first-order valence-corrected chi connectivity index (χ1v) is 9.85. The molecule has 0 radical (unpaired) electrons. The Bertz CT molecular complexity index is 656. The van der Waals surface area contributed by atoms with Crippen LogP contribution in [-0.2, 0) is 17.8 Å². The summed E-state index contributed by atoms with van der Waals surface area (Å²) < 4.78 is 5.94. The molecule has 120 valence electrons. The Kier molecular flexibility index (Phi) is 5.21. The second kappa shape index (κ2) is 7.15. The van der Waals surface area contributed by atoms with Gasteiger partial charge < -0.3 is 10.5 Å². The third-order valence-corrected chi connectivity index (χ3v) is 6.00. The molecular formula is C16H23N3OS2. The smallest absolute Gasteiger partial charge is 0.190 e. The first-order chi connectivity index (χ1) is 10.7. The van der Waals surface area contributed by atoms with E-state index in [1.807, 2.05) is 0 Å². The van der Waals surface area contributed by atoms with Crippen LogP contribution in [0.3, 0.4) is 0 Å². The summed E-state index contributed by atoms with van der Waals surface area (Å²) in [6.45, 7) is 5.08. The van der Waals surface area contributed by atoms with Gasteiger partial charge in [0, 0.05) is 17.1 Å². The number of nitrogen functional groups attached to an aromatic ring is 1. The van der Waals surface area contributed by atoms with E-state index < -0.39 is 0 Å². The number of fused-ring (bicyclic) bond motifs is 3. The zero-order chi connectivity index (χ0) is 15.5. The van der Waals surface area contributed by atoms with Gasteiger partial charge >= 0.3 is 0 Å². The minimum atomic E-state index is 0.313. The van der Waals surface area contributed by atoms with E-state index in [9.17, 15) is 0 Å². The first-order valence-electron chi connectivity index (χ1n) is 8.05. The number of thiophene rings is 1. The average Bonchev–Trinajstić information content (AvgIpc) is 2.86. The van der Waals surface area contributed by atoms with E-state index in [0.717, 1.165) is 40.4 Å². The van der Waals surface area contributed by atoms with Gasteiger partial charge in [-0.2, -0.15) is 0 Å². The number of rotatable bonds is 6. The van der Waals surface area contributed by atoms with Crippen LogP contribution >= 0.6 is 23.1 Å². The second-order valence-corrected chi connectivity index (χ2v) is 7.85. The van der Waals surface area contributed by atoms with E-state index in [4.69, 9.17) is 15.5 Å². The van der Waals surface area contributed by atoms with Crippen LogP contribution in [0.15, 0.2) is 5.16 Å². The Morgan fingerprint density at radius 3 is 2.95 bits per heavy atom. The molecular weight excluding hydrogens is 314 g/mol. The summed E-state index contributed by atoms with van der Waals surface area (Å²) in [6.07, 6.45) is 5.87. The van der Waals surface area contributed by atoms with E-state index >= 15 is 0 Å². The summed E-state index contributed by atoms with van der Waals surface area (Å²) in [6, 6.07) is 0. The predicted molar refractivity (Wildman–Crippen MR) is 94.6 cm³/mol. The van der Waals surface area contributed by atoms with E-state index in [2.05, 4.69) is 18.8 Å². The molecule has 0 saturated heterocycles. The van der Waals surface area contributed by atoms with Crippen molar-refractivity contribution in [2.45, 2.75) is 63.8 Å². The van der Waals surface area contributed by atoms with E-state index in [1.54, 1.807) is 23.1 Å². The van der Waals surface area contributed by atoms with Crippen molar-refractivity contribution < 1.29 is 4.74 Å². The van der Waals surface area contributed by atoms with Crippen LogP contribution in [-0.4, -0.2) is 21.8 Å². The lowest BCUT2D eigenvalue weighted by Gasteiger charge is -2.22. The molecule has 1 aliphatic rings. The minimum Gasteiger partial charge on any atom is -0.383 e. The maximum absolute atomic E-state index is 6.25. The Labute approximate surface area is 139 Å². The van der Waals surface area contributed by atoms with Crippen molar-refractivity contribution in [3.8, 4) is 0 Å². The second-order valence-electron chi connectivity index (χ2n) is 5.70. The molecule has 1 unspecified atom stereocenters. The molecule has 22 heavy (non-hydrogen) atoms. The molecule has 0 amide bonds. The quantitative estimate of drug-likeness (QED) is 0.481. The summed E-state index contributed by atoms with van der Waals surface area (Å²) in [5.74, 6) is 1.69. The Hall–Kier alpha value is -0.850. The highest BCUT2D eigenvalue weighted by Gasteiger charge is 2.25. The van der Waals surface area contributed by atoms with Crippen LogP contribution < -0.4 is 5.73 Å². The van der Waals surface area contributed by atoms with Gasteiger partial charge in [0.15, 0.2) is 5.16 Å².